The number of nitriles is 1. The molecule has 19 heavy (non-hydrogen) atoms. The molecule has 4 saturated carbocycles. The third-order valence-electron chi connectivity index (χ3n) is 4.88. The van der Waals surface area contributed by atoms with Crippen LogP contribution in [0.15, 0.2) is 11.6 Å². The highest BCUT2D eigenvalue weighted by Gasteiger charge is 2.52. The van der Waals surface area contributed by atoms with E-state index in [1.54, 1.807) is 0 Å². The molecule has 0 aliphatic heterocycles. The summed E-state index contributed by atoms with van der Waals surface area (Å²) in [4.78, 5) is 0. The number of fused-ring (bicyclic) bond motifs is 1. The molecule has 4 nitrogen and oxygen atoms in total. The minimum atomic E-state index is -3.51. The molecule has 0 aromatic heterocycles. The van der Waals surface area contributed by atoms with E-state index < -0.39 is 15.7 Å². The summed E-state index contributed by atoms with van der Waals surface area (Å²) in [5, 5.41) is 8.99. The molecule has 104 valence electrons. The van der Waals surface area contributed by atoms with Gasteiger partial charge in [-0.15, -0.1) is 0 Å². The van der Waals surface area contributed by atoms with E-state index in [0.29, 0.717) is 17.8 Å². The topological polar surface area (TPSA) is 67.2 Å². The van der Waals surface area contributed by atoms with Gasteiger partial charge in [0.2, 0.25) is 0 Å². The van der Waals surface area contributed by atoms with Crippen LogP contribution in [0.2, 0.25) is 0 Å². The Morgan fingerprint density at radius 3 is 2.37 bits per heavy atom. The van der Waals surface area contributed by atoms with Crippen LogP contribution in [0.5, 0.6) is 0 Å². The first kappa shape index (κ1) is 13.1. The van der Waals surface area contributed by atoms with Crippen molar-refractivity contribution >= 4 is 10.1 Å². The minimum absolute atomic E-state index is 0.559. The van der Waals surface area contributed by atoms with Crippen LogP contribution in [0.25, 0.3) is 0 Å². The largest absolute Gasteiger partial charge is 0.265 e. The predicted molar refractivity (Wildman–Crippen MR) is 70.5 cm³/mol. The first-order valence-corrected chi connectivity index (χ1v) is 8.71. The number of allylic oxidation sites excluding steroid dienone is 1. The standard InChI is InChI=1S/C14H19NO3S/c1-19(16,17)18-14-8-11-4-10(5-12(6-11)9-14)7-13(14)2-3-15/h2,10-12H,4-9H2,1H3/b13-2+/t10?,11-,12+,14?. The highest BCUT2D eigenvalue weighted by atomic mass is 32.2. The van der Waals surface area contributed by atoms with Gasteiger partial charge in [0, 0.05) is 6.08 Å². The molecule has 4 aliphatic rings. The summed E-state index contributed by atoms with van der Waals surface area (Å²) in [6.07, 6.45) is 8.53. The average molecular weight is 281 g/mol. The van der Waals surface area contributed by atoms with Crippen molar-refractivity contribution in [1.29, 1.82) is 5.26 Å². The fourth-order valence-corrected chi connectivity index (χ4v) is 5.48. The lowest BCUT2D eigenvalue weighted by atomic mass is 9.66. The quantitative estimate of drug-likeness (QED) is 0.575. The Hall–Kier alpha value is -0.860. The lowest BCUT2D eigenvalue weighted by molar-refractivity contribution is 0.00937. The molecule has 4 bridgehead atoms. The molecule has 0 radical (unpaired) electrons. The molecule has 0 N–H and O–H groups in total. The van der Waals surface area contributed by atoms with Crippen molar-refractivity contribution in [3.8, 4) is 6.07 Å². The summed E-state index contributed by atoms with van der Waals surface area (Å²) in [6.45, 7) is 0. The molecule has 4 atom stereocenters. The fraction of sp³-hybridized carbons (Fsp3) is 0.786. The van der Waals surface area contributed by atoms with Gasteiger partial charge in [-0.1, -0.05) is 0 Å². The number of nitrogens with zero attached hydrogens (tertiary/aromatic N) is 1. The zero-order valence-corrected chi connectivity index (χ0v) is 11.9. The van der Waals surface area contributed by atoms with Crippen LogP contribution in [0.3, 0.4) is 0 Å². The van der Waals surface area contributed by atoms with Gasteiger partial charge in [-0.25, -0.2) is 0 Å². The van der Waals surface area contributed by atoms with Crippen molar-refractivity contribution in [2.75, 3.05) is 6.26 Å². The summed E-state index contributed by atoms with van der Waals surface area (Å²) >= 11 is 0. The minimum Gasteiger partial charge on any atom is -0.259 e. The first-order valence-electron chi connectivity index (χ1n) is 6.90. The van der Waals surface area contributed by atoms with E-state index in [4.69, 9.17) is 9.44 Å². The number of rotatable bonds is 2. The molecule has 4 fully saturated rings. The molecule has 0 aromatic rings. The molecule has 0 saturated heterocycles. The highest BCUT2D eigenvalue weighted by Crippen LogP contribution is 2.56. The molecule has 0 heterocycles. The molecule has 4 aliphatic carbocycles. The van der Waals surface area contributed by atoms with E-state index in [-0.39, 0.29) is 0 Å². The zero-order valence-electron chi connectivity index (χ0n) is 11.1. The van der Waals surface area contributed by atoms with Crippen LogP contribution in [-0.4, -0.2) is 20.3 Å². The summed E-state index contributed by atoms with van der Waals surface area (Å²) in [7, 11) is -3.51. The smallest absolute Gasteiger partial charge is 0.259 e. The van der Waals surface area contributed by atoms with Crippen molar-refractivity contribution in [1.82, 2.24) is 0 Å². The van der Waals surface area contributed by atoms with E-state index in [1.165, 1.54) is 12.5 Å². The molecular weight excluding hydrogens is 262 g/mol. The number of hydrogen-bond acceptors (Lipinski definition) is 4. The van der Waals surface area contributed by atoms with E-state index in [2.05, 4.69) is 6.07 Å². The van der Waals surface area contributed by atoms with Crippen LogP contribution in [0, 0.1) is 29.1 Å². The molecule has 0 amide bonds. The SMILES string of the molecule is CS(=O)(=O)OC12C[C@@H]3CC(C/C1=C\C#N)C[C@@H](C3)C2. The van der Waals surface area contributed by atoms with Gasteiger partial charge in [0.15, 0.2) is 0 Å². The summed E-state index contributed by atoms with van der Waals surface area (Å²) in [5.74, 6) is 1.73. The zero-order chi connectivity index (χ0) is 13.7. The molecule has 2 unspecified atom stereocenters. The third kappa shape index (κ3) is 2.44. The summed E-state index contributed by atoms with van der Waals surface area (Å²) < 4.78 is 28.8. The van der Waals surface area contributed by atoms with Gasteiger partial charge in [0.1, 0.15) is 5.60 Å². The van der Waals surface area contributed by atoms with Gasteiger partial charge < -0.3 is 0 Å². The molecular formula is C14H19NO3S. The highest BCUT2D eigenvalue weighted by molar-refractivity contribution is 7.86. The molecule has 0 spiro atoms. The van der Waals surface area contributed by atoms with Gasteiger partial charge in [-0.2, -0.15) is 13.7 Å². The van der Waals surface area contributed by atoms with Crippen molar-refractivity contribution in [3.05, 3.63) is 11.6 Å². The Balaban J connectivity index is 2.06. The Bertz CT molecular complexity index is 544. The van der Waals surface area contributed by atoms with Crippen LogP contribution < -0.4 is 0 Å². The maximum absolute atomic E-state index is 11.6. The maximum atomic E-state index is 11.6. The van der Waals surface area contributed by atoms with E-state index in [0.717, 1.165) is 43.9 Å². The van der Waals surface area contributed by atoms with Crippen LogP contribution in [0.1, 0.15) is 38.5 Å². The maximum Gasteiger partial charge on any atom is 0.265 e. The van der Waals surface area contributed by atoms with Crippen molar-refractivity contribution in [2.24, 2.45) is 17.8 Å². The monoisotopic (exact) mass is 281 g/mol. The van der Waals surface area contributed by atoms with Crippen molar-refractivity contribution in [2.45, 2.75) is 44.1 Å². The van der Waals surface area contributed by atoms with Crippen molar-refractivity contribution < 1.29 is 12.6 Å². The normalized spacial score (nSPS) is 43.2. The lowest BCUT2D eigenvalue weighted by Crippen LogP contribution is -2.43. The van der Waals surface area contributed by atoms with Gasteiger partial charge >= 0.3 is 0 Å². The van der Waals surface area contributed by atoms with Gasteiger partial charge in [0.25, 0.3) is 10.1 Å². The van der Waals surface area contributed by atoms with Crippen LogP contribution >= 0.6 is 0 Å². The average Bonchev–Trinajstić information content (AvgIpc) is 2.38. The fourth-order valence-electron chi connectivity index (χ4n) is 4.66. The Morgan fingerprint density at radius 1 is 1.26 bits per heavy atom. The van der Waals surface area contributed by atoms with Gasteiger partial charge in [-0.3, -0.25) is 4.18 Å². The second-order valence-electron chi connectivity index (χ2n) is 6.50. The van der Waals surface area contributed by atoms with Crippen LogP contribution in [-0.2, 0) is 14.3 Å². The van der Waals surface area contributed by atoms with Crippen LogP contribution in [0.4, 0.5) is 0 Å². The van der Waals surface area contributed by atoms with Crippen molar-refractivity contribution in [3.63, 3.8) is 0 Å². The Morgan fingerprint density at radius 2 is 1.84 bits per heavy atom. The second kappa shape index (κ2) is 4.32. The third-order valence-corrected chi connectivity index (χ3v) is 5.50. The lowest BCUT2D eigenvalue weighted by Gasteiger charge is -2.44. The number of hydrogen-bond donors (Lipinski definition) is 0. The molecule has 5 heteroatoms. The van der Waals surface area contributed by atoms with E-state index in [9.17, 15) is 8.42 Å². The predicted octanol–water partition coefficient (Wildman–Crippen LogP) is 2.38. The summed E-state index contributed by atoms with van der Waals surface area (Å²) in [5.41, 5.74) is 0.192. The first-order chi connectivity index (χ1) is 8.90. The second-order valence-corrected chi connectivity index (χ2v) is 8.07. The molecule has 4 rings (SSSR count). The van der Waals surface area contributed by atoms with Gasteiger partial charge in [-0.05, 0) is 61.9 Å². The van der Waals surface area contributed by atoms with Gasteiger partial charge in [0.05, 0.1) is 12.3 Å². The summed E-state index contributed by atoms with van der Waals surface area (Å²) in [6, 6.07) is 2.08. The van der Waals surface area contributed by atoms with E-state index >= 15 is 0 Å². The molecule has 0 aromatic carbocycles. The van der Waals surface area contributed by atoms with E-state index in [1.807, 2.05) is 0 Å². The Kier molecular flexibility index (Phi) is 2.99. The Labute approximate surface area is 114 Å².